The number of hydrogen-bond acceptors (Lipinski definition) is 6. The zero-order chi connectivity index (χ0) is 18.4. The zero-order valence-electron chi connectivity index (χ0n) is 15.0. The van der Waals surface area contributed by atoms with Crippen molar-refractivity contribution in [2.45, 2.75) is 37.6 Å². The Bertz CT molecular complexity index is 591. The number of nitrogens with zero attached hydrogens (tertiary/aromatic N) is 4. The molecule has 0 unspecified atom stereocenters. The fourth-order valence-electron chi connectivity index (χ4n) is 4.34. The quantitative estimate of drug-likeness (QED) is 0.758. The summed E-state index contributed by atoms with van der Waals surface area (Å²) in [4.78, 5) is 9.62. The molecule has 4 rings (SSSR count). The Balaban J connectivity index is 1.39. The van der Waals surface area contributed by atoms with Gasteiger partial charge in [-0.1, -0.05) is 0 Å². The maximum Gasteiger partial charge on any atom is 0.405 e. The van der Waals surface area contributed by atoms with E-state index in [1.54, 1.807) is 0 Å². The van der Waals surface area contributed by atoms with Crippen molar-refractivity contribution >= 4 is 5.84 Å². The molecule has 146 valence electrons. The van der Waals surface area contributed by atoms with E-state index in [0.717, 1.165) is 32.2 Å². The standard InChI is InChI=1S/C17H25F3N4O2/c1-22-12-23(8-13-2-4-16(5-3-13)25-6-7-26-16)9-14-15(22)21-11-24(14)10-17(18,19)20/h9,13H,2-8,10-12H2,1H3. The van der Waals surface area contributed by atoms with Crippen molar-refractivity contribution in [3.05, 3.63) is 11.9 Å². The first-order valence-corrected chi connectivity index (χ1v) is 9.15. The average molecular weight is 374 g/mol. The van der Waals surface area contributed by atoms with Gasteiger partial charge in [0.2, 0.25) is 0 Å². The molecule has 1 saturated carbocycles. The minimum atomic E-state index is -4.23. The van der Waals surface area contributed by atoms with Gasteiger partial charge >= 0.3 is 6.18 Å². The van der Waals surface area contributed by atoms with Crippen LogP contribution in [0.25, 0.3) is 0 Å². The zero-order valence-corrected chi connectivity index (χ0v) is 15.0. The number of amidine groups is 1. The van der Waals surface area contributed by atoms with Gasteiger partial charge in [-0.2, -0.15) is 13.2 Å². The molecule has 26 heavy (non-hydrogen) atoms. The Morgan fingerprint density at radius 3 is 2.58 bits per heavy atom. The highest BCUT2D eigenvalue weighted by Gasteiger charge is 2.41. The van der Waals surface area contributed by atoms with Crippen LogP contribution in [0, 0.1) is 5.92 Å². The predicted octanol–water partition coefficient (Wildman–Crippen LogP) is 2.20. The maximum absolute atomic E-state index is 12.8. The van der Waals surface area contributed by atoms with Crippen LogP contribution in [0.1, 0.15) is 25.7 Å². The van der Waals surface area contributed by atoms with E-state index in [1.807, 2.05) is 18.1 Å². The summed E-state index contributed by atoms with van der Waals surface area (Å²) in [6.45, 7) is 1.93. The van der Waals surface area contributed by atoms with Gasteiger partial charge < -0.3 is 24.2 Å². The lowest BCUT2D eigenvalue weighted by molar-refractivity contribution is -0.183. The Labute approximate surface area is 151 Å². The van der Waals surface area contributed by atoms with Gasteiger partial charge in [-0.15, -0.1) is 0 Å². The summed E-state index contributed by atoms with van der Waals surface area (Å²) in [6, 6.07) is 0. The van der Waals surface area contributed by atoms with Crippen molar-refractivity contribution in [2.75, 3.05) is 46.7 Å². The van der Waals surface area contributed by atoms with Gasteiger partial charge in [0.1, 0.15) is 13.2 Å². The molecule has 3 aliphatic heterocycles. The number of ether oxygens (including phenoxy) is 2. The van der Waals surface area contributed by atoms with E-state index in [0.29, 0.717) is 37.3 Å². The minimum Gasteiger partial charge on any atom is -0.358 e. The lowest BCUT2D eigenvalue weighted by Crippen LogP contribution is -2.46. The van der Waals surface area contributed by atoms with Crippen molar-refractivity contribution in [1.82, 2.24) is 14.7 Å². The van der Waals surface area contributed by atoms with Crippen molar-refractivity contribution in [3.8, 4) is 0 Å². The Morgan fingerprint density at radius 2 is 1.92 bits per heavy atom. The third kappa shape index (κ3) is 3.64. The molecule has 0 amide bonds. The monoisotopic (exact) mass is 374 g/mol. The van der Waals surface area contributed by atoms with E-state index in [-0.39, 0.29) is 12.5 Å². The molecule has 3 heterocycles. The number of rotatable bonds is 3. The highest BCUT2D eigenvalue weighted by atomic mass is 19.4. The van der Waals surface area contributed by atoms with E-state index in [9.17, 15) is 13.2 Å². The third-order valence-electron chi connectivity index (χ3n) is 5.56. The van der Waals surface area contributed by atoms with Gasteiger partial charge in [-0.3, -0.25) is 0 Å². The largest absolute Gasteiger partial charge is 0.405 e. The second kappa shape index (κ2) is 6.60. The normalized spacial score (nSPS) is 26.4. The number of fused-ring (bicyclic) bond motifs is 1. The number of halogens is 3. The minimum absolute atomic E-state index is 0.0689. The summed E-state index contributed by atoms with van der Waals surface area (Å²) < 4.78 is 50.0. The first-order valence-electron chi connectivity index (χ1n) is 9.15. The Morgan fingerprint density at radius 1 is 1.23 bits per heavy atom. The van der Waals surface area contributed by atoms with E-state index in [1.165, 1.54) is 4.90 Å². The fourth-order valence-corrected chi connectivity index (χ4v) is 4.34. The molecular weight excluding hydrogens is 349 g/mol. The van der Waals surface area contributed by atoms with Crippen LogP contribution >= 0.6 is 0 Å². The third-order valence-corrected chi connectivity index (χ3v) is 5.56. The Hall–Kier alpha value is -1.48. The van der Waals surface area contributed by atoms with Gasteiger partial charge in [0.15, 0.2) is 11.6 Å². The van der Waals surface area contributed by atoms with Crippen LogP contribution in [-0.2, 0) is 9.47 Å². The van der Waals surface area contributed by atoms with Gasteiger partial charge in [-0.25, -0.2) is 4.99 Å². The van der Waals surface area contributed by atoms with E-state index in [4.69, 9.17) is 9.47 Å². The predicted molar refractivity (Wildman–Crippen MR) is 89.1 cm³/mol. The van der Waals surface area contributed by atoms with Crippen LogP contribution in [0.3, 0.4) is 0 Å². The smallest absolute Gasteiger partial charge is 0.358 e. The Kier molecular flexibility index (Phi) is 4.54. The molecule has 0 aromatic heterocycles. The molecule has 6 nitrogen and oxygen atoms in total. The number of likely N-dealkylation sites (N-methyl/N-ethyl adjacent to an activating group) is 1. The lowest BCUT2D eigenvalue weighted by atomic mass is 9.85. The second-order valence-corrected chi connectivity index (χ2v) is 7.61. The fraction of sp³-hybridized carbons (Fsp3) is 0.824. The van der Waals surface area contributed by atoms with E-state index in [2.05, 4.69) is 9.89 Å². The van der Waals surface area contributed by atoms with Gasteiger partial charge in [-0.05, 0) is 18.8 Å². The lowest BCUT2D eigenvalue weighted by Gasteiger charge is -2.40. The van der Waals surface area contributed by atoms with Crippen LogP contribution in [0.2, 0.25) is 0 Å². The molecule has 0 bridgehead atoms. The summed E-state index contributed by atoms with van der Waals surface area (Å²) in [5.74, 6) is 0.776. The molecule has 1 saturated heterocycles. The first kappa shape index (κ1) is 17.9. The molecule has 2 fully saturated rings. The highest BCUT2D eigenvalue weighted by Crippen LogP contribution is 2.39. The van der Waals surface area contributed by atoms with E-state index >= 15 is 0 Å². The SMILES string of the molecule is CN1CN(CC2CCC3(CC2)OCCO3)C=C2C1=NCN2CC(F)(F)F. The summed E-state index contributed by atoms with van der Waals surface area (Å²) in [6.07, 6.45) is 1.43. The van der Waals surface area contributed by atoms with E-state index < -0.39 is 12.7 Å². The molecule has 0 radical (unpaired) electrons. The van der Waals surface area contributed by atoms with Crippen molar-refractivity contribution in [3.63, 3.8) is 0 Å². The molecule has 0 aromatic carbocycles. The molecular formula is C17H25F3N4O2. The van der Waals surface area contributed by atoms with Gasteiger partial charge in [0.05, 0.1) is 25.6 Å². The first-order chi connectivity index (χ1) is 12.3. The topological polar surface area (TPSA) is 40.5 Å². The molecule has 0 N–H and O–H groups in total. The molecule has 0 atom stereocenters. The molecule has 0 aromatic rings. The van der Waals surface area contributed by atoms with Crippen molar-refractivity contribution in [2.24, 2.45) is 10.9 Å². The van der Waals surface area contributed by atoms with Crippen LogP contribution < -0.4 is 0 Å². The summed E-state index contributed by atoms with van der Waals surface area (Å²) in [5.41, 5.74) is 0.575. The maximum atomic E-state index is 12.8. The molecule has 4 aliphatic rings. The average Bonchev–Trinajstić information content (AvgIpc) is 3.17. The highest BCUT2D eigenvalue weighted by molar-refractivity contribution is 5.99. The van der Waals surface area contributed by atoms with Gasteiger partial charge in [0.25, 0.3) is 0 Å². The summed E-state index contributed by atoms with van der Waals surface area (Å²) >= 11 is 0. The van der Waals surface area contributed by atoms with Crippen LogP contribution in [-0.4, -0.2) is 79.2 Å². The van der Waals surface area contributed by atoms with Crippen LogP contribution in [0.15, 0.2) is 16.9 Å². The molecule has 9 heteroatoms. The summed E-state index contributed by atoms with van der Waals surface area (Å²) in [7, 11) is 1.88. The molecule has 1 aliphatic carbocycles. The van der Waals surface area contributed by atoms with Gasteiger partial charge in [0, 0.05) is 32.6 Å². The van der Waals surface area contributed by atoms with Crippen molar-refractivity contribution in [1.29, 1.82) is 0 Å². The van der Waals surface area contributed by atoms with Crippen LogP contribution in [0.5, 0.6) is 0 Å². The number of hydrogen-bond donors (Lipinski definition) is 0. The number of alkyl halides is 3. The summed E-state index contributed by atoms with van der Waals surface area (Å²) in [5, 5.41) is 0. The van der Waals surface area contributed by atoms with Crippen molar-refractivity contribution < 1.29 is 22.6 Å². The number of aliphatic imine (C=N–C) groups is 1. The molecule has 1 spiro atoms. The second-order valence-electron chi connectivity index (χ2n) is 7.61. The van der Waals surface area contributed by atoms with Crippen LogP contribution in [0.4, 0.5) is 13.2 Å².